The monoisotopic (exact) mass is 420 g/mol. The third-order valence-corrected chi connectivity index (χ3v) is 6.39. The maximum Gasteiger partial charge on any atom is 0.229 e. The summed E-state index contributed by atoms with van der Waals surface area (Å²) >= 11 is 0. The molecule has 0 amide bonds. The summed E-state index contributed by atoms with van der Waals surface area (Å²) in [5, 5.41) is 0. The summed E-state index contributed by atoms with van der Waals surface area (Å²) < 4.78 is 25.9. The van der Waals surface area contributed by atoms with E-state index in [2.05, 4.69) is 72.2 Å². The first-order valence-electron chi connectivity index (χ1n) is 10.2. The van der Waals surface area contributed by atoms with E-state index in [0.29, 0.717) is 5.69 Å². The lowest BCUT2D eigenvalue weighted by molar-refractivity contribution is 0.607. The van der Waals surface area contributed by atoms with Crippen molar-refractivity contribution in [2.24, 2.45) is 0 Å². The molecule has 0 spiro atoms. The van der Waals surface area contributed by atoms with Crippen LogP contribution < -0.4 is 9.62 Å². The summed E-state index contributed by atoms with van der Waals surface area (Å²) in [5.74, 6) is 0.239. The van der Waals surface area contributed by atoms with Gasteiger partial charge in [0, 0.05) is 31.4 Å². The molecule has 0 bridgehead atoms. The zero-order valence-corrected chi connectivity index (χ0v) is 18.5. The van der Waals surface area contributed by atoms with Crippen LogP contribution in [0, 0.1) is 0 Å². The molecular weight excluding hydrogens is 392 g/mol. The highest BCUT2D eigenvalue weighted by Crippen LogP contribution is 2.38. The van der Waals surface area contributed by atoms with Crippen molar-refractivity contribution < 1.29 is 8.42 Å². The predicted molar refractivity (Wildman–Crippen MR) is 125 cm³/mol. The topological polar surface area (TPSA) is 49.4 Å². The number of anilines is 2. The summed E-state index contributed by atoms with van der Waals surface area (Å²) in [5.41, 5.74) is 8.48. The van der Waals surface area contributed by atoms with Gasteiger partial charge in [-0.1, -0.05) is 42.5 Å². The highest BCUT2D eigenvalue weighted by molar-refractivity contribution is 7.92. The Morgan fingerprint density at radius 1 is 0.900 bits per heavy atom. The molecule has 4 nitrogen and oxygen atoms in total. The lowest BCUT2D eigenvalue weighted by Gasteiger charge is -2.22. The Bertz CT molecular complexity index is 1170. The molecule has 30 heavy (non-hydrogen) atoms. The molecule has 0 saturated heterocycles. The van der Waals surface area contributed by atoms with Crippen LogP contribution in [-0.4, -0.2) is 28.8 Å². The van der Waals surface area contributed by atoms with E-state index in [-0.39, 0.29) is 5.92 Å². The van der Waals surface area contributed by atoms with E-state index < -0.39 is 10.0 Å². The Morgan fingerprint density at radius 2 is 1.63 bits per heavy atom. The smallest absolute Gasteiger partial charge is 0.229 e. The Kier molecular flexibility index (Phi) is 5.56. The number of sulfonamides is 1. The molecule has 3 aromatic rings. The standard InChI is InChI=1S/C25H28N2O2S/c1-27(2)22-13-14-24-20(17-22)12-11-19-8-4-5-10-23(19)25(24)16-18-7-6-9-21(15-18)26-30(3,28)29/h4-10,13-15,17,25-26H,11-12,16H2,1-3H3. The second-order valence-corrected chi connectivity index (χ2v) is 10.1. The average molecular weight is 421 g/mol. The summed E-state index contributed by atoms with van der Waals surface area (Å²) in [6.45, 7) is 0. The van der Waals surface area contributed by atoms with Gasteiger partial charge in [0.05, 0.1) is 6.26 Å². The van der Waals surface area contributed by atoms with Gasteiger partial charge in [0.1, 0.15) is 0 Å². The van der Waals surface area contributed by atoms with Crippen LogP contribution in [0.3, 0.4) is 0 Å². The van der Waals surface area contributed by atoms with Gasteiger partial charge in [-0.15, -0.1) is 0 Å². The molecule has 1 aliphatic carbocycles. The summed E-state index contributed by atoms with van der Waals surface area (Å²) in [6.07, 6.45) is 4.07. The molecule has 0 heterocycles. The Morgan fingerprint density at radius 3 is 2.40 bits per heavy atom. The van der Waals surface area contributed by atoms with Crippen molar-refractivity contribution in [1.29, 1.82) is 0 Å². The Hall–Kier alpha value is -2.79. The molecule has 156 valence electrons. The van der Waals surface area contributed by atoms with E-state index in [1.54, 1.807) is 6.07 Å². The van der Waals surface area contributed by atoms with Gasteiger partial charge in [-0.2, -0.15) is 0 Å². The van der Waals surface area contributed by atoms with Gasteiger partial charge in [0.25, 0.3) is 0 Å². The first kappa shape index (κ1) is 20.5. The van der Waals surface area contributed by atoms with Crippen molar-refractivity contribution in [3.63, 3.8) is 0 Å². The van der Waals surface area contributed by atoms with Gasteiger partial charge in [-0.05, 0) is 71.3 Å². The summed E-state index contributed by atoms with van der Waals surface area (Å²) in [6, 6.07) is 23.2. The molecular formula is C25H28N2O2S. The highest BCUT2D eigenvalue weighted by Gasteiger charge is 2.24. The SMILES string of the molecule is CN(C)c1ccc2c(c1)CCc1ccccc1C2Cc1cccc(NS(C)(=O)=O)c1. The van der Waals surface area contributed by atoms with Gasteiger partial charge in [-0.3, -0.25) is 4.72 Å². The Labute approximate surface area is 179 Å². The van der Waals surface area contributed by atoms with Crippen LogP contribution in [0.15, 0.2) is 66.7 Å². The van der Waals surface area contributed by atoms with Crippen molar-refractivity contribution in [1.82, 2.24) is 0 Å². The predicted octanol–water partition coefficient (Wildman–Crippen LogP) is 4.60. The van der Waals surface area contributed by atoms with E-state index >= 15 is 0 Å². The zero-order chi connectivity index (χ0) is 21.3. The summed E-state index contributed by atoms with van der Waals surface area (Å²) in [7, 11) is 0.851. The lowest BCUT2D eigenvalue weighted by atomic mass is 9.83. The average Bonchev–Trinajstić information content (AvgIpc) is 2.84. The number of hydrogen-bond acceptors (Lipinski definition) is 3. The minimum absolute atomic E-state index is 0.239. The molecule has 0 saturated carbocycles. The fourth-order valence-electron chi connectivity index (χ4n) is 4.40. The second-order valence-electron chi connectivity index (χ2n) is 8.31. The molecule has 1 N–H and O–H groups in total. The van der Waals surface area contributed by atoms with Gasteiger partial charge in [0.2, 0.25) is 10.0 Å². The molecule has 1 unspecified atom stereocenters. The number of benzene rings is 3. The van der Waals surface area contributed by atoms with Crippen LogP contribution in [0.5, 0.6) is 0 Å². The van der Waals surface area contributed by atoms with E-state index in [4.69, 9.17) is 0 Å². The van der Waals surface area contributed by atoms with E-state index in [1.807, 2.05) is 12.1 Å². The van der Waals surface area contributed by atoms with Gasteiger partial charge in [-0.25, -0.2) is 8.42 Å². The fourth-order valence-corrected chi connectivity index (χ4v) is 4.95. The van der Waals surface area contributed by atoms with Crippen LogP contribution in [0.2, 0.25) is 0 Å². The molecule has 0 aliphatic heterocycles. The van der Waals surface area contributed by atoms with E-state index in [1.165, 1.54) is 34.2 Å². The lowest BCUT2D eigenvalue weighted by Crippen LogP contribution is -2.12. The maximum absolute atomic E-state index is 11.6. The van der Waals surface area contributed by atoms with E-state index in [9.17, 15) is 8.42 Å². The third-order valence-electron chi connectivity index (χ3n) is 5.78. The molecule has 0 aromatic heterocycles. The van der Waals surface area contributed by atoms with Crippen LogP contribution in [0.25, 0.3) is 0 Å². The zero-order valence-electron chi connectivity index (χ0n) is 17.7. The second kappa shape index (κ2) is 8.15. The maximum atomic E-state index is 11.6. The third kappa shape index (κ3) is 4.51. The molecule has 4 rings (SSSR count). The van der Waals surface area contributed by atoms with Crippen LogP contribution >= 0.6 is 0 Å². The van der Waals surface area contributed by atoms with Crippen molar-refractivity contribution >= 4 is 21.4 Å². The van der Waals surface area contributed by atoms with Crippen molar-refractivity contribution in [2.75, 3.05) is 30.0 Å². The van der Waals surface area contributed by atoms with Crippen molar-refractivity contribution in [2.45, 2.75) is 25.2 Å². The van der Waals surface area contributed by atoms with Crippen LogP contribution in [0.4, 0.5) is 11.4 Å². The number of fused-ring (bicyclic) bond motifs is 2. The first-order valence-corrected chi connectivity index (χ1v) is 12.1. The van der Waals surface area contributed by atoms with Gasteiger partial charge >= 0.3 is 0 Å². The van der Waals surface area contributed by atoms with Gasteiger partial charge in [0.15, 0.2) is 0 Å². The number of rotatable bonds is 5. The quantitative estimate of drug-likeness (QED) is 0.656. The Balaban J connectivity index is 1.76. The van der Waals surface area contributed by atoms with Gasteiger partial charge < -0.3 is 4.90 Å². The fraction of sp³-hybridized carbons (Fsp3) is 0.280. The molecule has 0 radical (unpaired) electrons. The number of aryl methyl sites for hydroxylation is 2. The molecule has 5 heteroatoms. The first-order chi connectivity index (χ1) is 14.3. The molecule has 1 aliphatic rings. The summed E-state index contributed by atoms with van der Waals surface area (Å²) in [4.78, 5) is 2.15. The van der Waals surface area contributed by atoms with Crippen molar-refractivity contribution in [3.8, 4) is 0 Å². The van der Waals surface area contributed by atoms with Crippen molar-refractivity contribution in [3.05, 3.63) is 94.5 Å². The molecule has 0 fully saturated rings. The largest absolute Gasteiger partial charge is 0.378 e. The highest BCUT2D eigenvalue weighted by atomic mass is 32.2. The molecule has 1 atom stereocenters. The van der Waals surface area contributed by atoms with Crippen LogP contribution in [0.1, 0.15) is 33.7 Å². The number of hydrogen-bond donors (Lipinski definition) is 1. The number of nitrogens with one attached hydrogen (secondary N) is 1. The number of nitrogens with zero attached hydrogens (tertiary/aromatic N) is 1. The minimum Gasteiger partial charge on any atom is -0.378 e. The minimum atomic E-state index is -3.30. The van der Waals surface area contributed by atoms with E-state index in [0.717, 1.165) is 24.8 Å². The molecule has 3 aromatic carbocycles. The normalized spacial score (nSPS) is 15.6. The van der Waals surface area contributed by atoms with Crippen LogP contribution in [-0.2, 0) is 29.3 Å².